The maximum absolute atomic E-state index is 12.8. The van der Waals surface area contributed by atoms with Crippen molar-refractivity contribution in [2.75, 3.05) is 20.1 Å². The monoisotopic (exact) mass is 363 g/mol. The van der Waals surface area contributed by atoms with Crippen LogP contribution < -0.4 is 5.32 Å². The molecule has 0 aliphatic carbocycles. The first-order valence-electron chi connectivity index (χ1n) is 8.60. The van der Waals surface area contributed by atoms with Crippen LogP contribution >= 0.6 is 12.4 Å². The van der Waals surface area contributed by atoms with Crippen LogP contribution in [0.5, 0.6) is 0 Å². The minimum Gasteiger partial charge on any atom is -0.343 e. The fourth-order valence-corrected chi connectivity index (χ4v) is 3.62. The van der Waals surface area contributed by atoms with Gasteiger partial charge in [-0.3, -0.25) is 9.59 Å². The van der Waals surface area contributed by atoms with E-state index in [2.05, 4.69) is 5.32 Å². The highest BCUT2D eigenvalue weighted by atomic mass is 35.5. The molecule has 0 saturated carbocycles. The van der Waals surface area contributed by atoms with E-state index in [0.717, 1.165) is 37.1 Å². The van der Waals surface area contributed by atoms with Crippen molar-refractivity contribution < 1.29 is 9.59 Å². The number of hydrogen-bond acceptors (Lipinski definition) is 3. The second kappa shape index (κ2) is 8.50. The fourth-order valence-electron chi connectivity index (χ4n) is 3.62. The van der Waals surface area contributed by atoms with Crippen molar-refractivity contribution in [3.05, 3.63) is 41.6 Å². The van der Waals surface area contributed by atoms with Gasteiger partial charge in [-0.1, -0.05) is 24.3 Å². The molecule has 0 radical (unpaired) electrons. The topological polar surface area (TPSA) is 52.7 Å². The lowest BCUT2D eigenvalue weighted by molar-refractivity contribution is -0.135. The van der Waals surface area contributed by atoms with E-state index in [1.807, 2.05) is 42.3 Å². The number of benzene rings is 1. The smallest absolute Gasteiger partial charge is 0.225 e. The molecule has 1 unspecified atom stereocenters. The van der Waals surface area contributed by atoms with Gasteiger partial charge in [0.25, 0.3) is 0 Å². The van der Waals surface area contributed by atoms with Crippen LogP contribution in [0, 0.1) is 0 Å². The van der Waals surface area contributed by atoms with Crippen molar-refractivity contribution in [2.24, 2.45) is 0 Å². The lowest BCUT2D eigenvalue weighted by Crippen LogP contribution is -2.45. The second-order valence-electron chi connectivity index (χ2n) is 6.58. The van der Waals surface area contributed by atoms with Gasteiger partial charge in [-0.25, -0.2) is 0 Å². The Kier molecular flexibility index (Phi) is 6.62. The molecule has 0 aromatic heterocycles. The lowest BCUT2D eigenvalue weighted by atomic mass is 9.93. The number of nitrogens with one attached hydrogen (secondary N) is 1. The molecule has 1 atom stereocenters. The number of piperidine rings is 1. The molecule has 136 valence electrons. The highest BCUT2D eigenvalue weighted by molar-refractivity contribution is 5.85. The fraction of sp³-hybridized carbons (Fsp3) is 0.474. The van der Waals surface area contributed by atoms with Crippen molar-refractivity contribution in [1.29, 1.82) is 0 Å². The normalized spacial score (nSPS) is 19.8. The summed E-state index contributed by atoms with van der Waals surface area (Å²) in [4.78, 5) is 28.4. The van der Waals surface area contributed by atoms with Gasteiger partial charge in [0.2, 0.25) is 11.8 Å². The zero-order valence-corrected chi connectivity index (χ0v) is 15.6. The summed E-state index contributed by atoms with van der Waals surface area (Å²) in [5.41, 5.74) is 2.12. The molecule has 3 rings (SSSR count). The molecule has 2 amide bonds. The van der Waals surface area contributed by atoms with E-state index >= 15 is 0 Å². The van der Waals surface area contributed by atoms with Crippen LogP contribution in [0.4, 0.5) is 0 Å². The van der Waals surface area contributed by atoms with Crippen molar-refractivity contribution in [3.63, 3.8) is 0 Å². The Hall–Kier alpha value is -1.85. The zero-order valence-electron chi connectivity index (χ0n) is 14.8. The Morgan fingerprint density at radius 1 is 1.24 bits per heavy atom. The van der Waals surface area contributed by atoms with E-state index in [4.69, 9.17) is 0 Å². The number of carbonyl (C=O) groups is 2. The molecular formula is C19H26ClN3O2. The number of nitrogens with zero attached hydrogens (tertiary/aromatic N) is 2. The van der Waals surface area contributed by atoms with Crippen LogP contribution in [0.15, 0.2) is 30.5 Å². The number of carbonyl (C=O) groups excluding carboxylic acids is 2. The molecule has 1 aromatic carbocycles. The second-order valence-corrected chi connectivity index (χ2v) is 6.58. The Labute approximate surface area is 155 Å². The van der Waals surface area contributed by atoms with Gasteiger partial charge in [0.15, 0.2) is 0 Å². The number of amides is 2. The predicted molar refractivity (Wildman–Crippen MR) is 101 cm³/mol. The van der Waals surface area contributed by atoms with Gasteiger partial charge >= 0.3 is 0 Å². The summed E-state index contributed by atoms with van der Waals surface area (Å²) in [5, 5.41) is 3.32. The maximum atomic E-state index is 12.8. The van der Waals surface area contributed by atoms with Crippen molar-refractivity contribution in [1.82, 2.24) is 15.1 Å². The van der Waals surface area contributed by atoms with E-state index in [9.17, 15) is 9.59 Å². The number of fused-ring (bicyclic) bond motifs is 1. The molecule has 6 heteroatoms. The first-order valence-corrected chi connectivity index (χ1v) is 8.60. The van der Waals surface area contributed by atoms with Crippen LogP contribution in [0.2, 0.25) is 0 Å². The van der Waals surface area contributed by atoms with Gasteiger partial charge in [-0.05, 0) is 43.1 Å². The van der Waals surface area contributed by atoms with Gasteiger partial charge in [0.1, 0.15) is 0 Å². The molecule has 0 spiro atoms. The Bertz CT molecular complexity index is 656. The first kappa shape index (κ1) is 19.5. The van der Waals surface area contributed by atoms with E-state index in [-0.39, 0.29) is 30.3 Å². The summed E-state index contributed by atoms with van der Waals surface area (Å²) < 4.78 is 0. The highest BCUT2D eigenvalue weighted by Crippen LogP contribution is 2.33. The summed E-state index contributed by atoms with van der Waals surface area (Å²) in [6.45, 7) is 3.46. The minimum absolute atomic E-state index is 0. The van der Waals surface area contributed by atoms with Gasteiger partial charge in [-0.15, -0.1) is 12.4 Å². The molecule has 2 aliphatic rings. The summed E-state index contributed by atoms with van der Waals surface area (Å²) in [6, 6.07) is 8.05. The van der Waals surface area contributed by atoms with E-state index < -0.39 is 0 Å². The zero-order chi connectivity index (χ0) is 17.1. The molecule has 1 fully saturated rings. The average molecular weight is 364 g/mol. The SMILES string of the molecule is CC(=O)N1C=Cc2ccccc2C1CC(=O)N(C)C1CCNCC1.Cl. The van der Waals surface area contributed by atoms with Crippen molar-refractivity contribution in [2.45, 2.75) is 38.3 Å². The molecular weight excluding hydrogens is 338 g/mol. The molecule has 25 heavy (non-hydrogen) atoms. The van der Waals surface area contributed by atoms with E-state index in [1.54, 1.807) is 18.0 Å². The van der Waals surface area contributed by atoms with Gasteiger partial charge < -0.3 is 15.1 Å². The molecule has 2 aliphatic heterocycles. The molecule has 5 nitrogen and oxygen atoms in total. The van der Waals surface area contributed by atoms with Crippen molar-refractivity contribution in [3.8, 4) is 0 Å². The molecule has 1 N–H and O–H groups in total. The number of halogens is 1. The lowest BCUT2D eigenvalue weighted by Gasteiger charge is -2.36. The van der Waals surface area contributed by atoms with Gasteiger partial charge in [0.05, 0.1) is 12.5 Å². The van der Waals surface area contributed by atoms with Crippen molar-refractivity contribution >= 4 is 30.3 Å². The third-order valence-electron chi connectivity index (χ3n) is 5.09. The summed E-state index contributed by atoms with van der Waals surface area (Å²) >= 11 is 0. The standard InChI is InChI=1S/C19H25N3O2.ClH/c1-14(23)22-12-9-15-5-3-4-6-17(15)18(22)13-19(24)21(2)16-7-10-20-11-8-16;/h3-6,9,12,16,18,20H,7-8,10-11,13H2,1-2H3;1H. The van der Waals surface area contributed by atoms with Crippen LogP contribution in [0.1, 0.15) is 43.4 Å². The Morgan fingerprint density at radius 2 is 1.92 bits per heavy atom. The minimum atomic E-state index is -0.222. The first-order chi connectivity index (χ1) is 11.6. The highest BCUT2D eigenvalue weighted by Gasteiger charge is 2.31. The van der Waals surface area contributed by atoms with Crippen LogP contribution in [0.25, 0.3) is 6.08 Å². The molecule has 0 bridgehead atoms. The third kappa shape index (κ3) is 4.22. The van der Waals surface area contributed by atoms with Crippen LogP contribution in [-0.4, -0.2) is 47.8 Å². The maximum Gasteiger partial charge on any atom is 0.225 e. The Morgan fingerprint density at radius 3 is 2.60 bits per heavy atom. The number of hydrogen-bond donors (Lipinski definition) is 1. The average Bonchev–Trinajstić information content (AvgIpc) is 2.61. The quantitative estimate of drug-likeness (QED) is 0.898. The number of rotatable bonds is 3. The molecule has 1 aromatic rings. The van der Waals surface area contributed by atoms with E-state index in [0.29, 0.717) is 12.5 Å². The summed E-state index contributed by atoms with van der Waals surface area (Å²) in [6.07, 6.45) is 6.03. The summed E-state index contributed by atoms with van der Waals surface area (Å²) in [7, 11) is 1.89. The Balaban J connectivity index is 0.00000225. The van der Waals surface area contributed by atoms with Gasteiger partial charge in [0, 0.05) is 26.2 Å². The third-order valence-corrected chi connectivity index (χ3v) is 5.09. The van der Waals surface area contributed by atoms with Crippen LogP contribution in [0.3, 0.4) is 0 Å². The molecule has 1 saturated heterocycles. The predicted octanol–water partition coefficient (Wildman–Crippen LogP) is 2.58. The van der Waals surface area contributed by atoms with E-state index in [1.165, 1.54) is 0 Å². The largest absolute Gasteiger partial charge is 0.343 e. The van der Waals surface area contributed by atoms with Crippen LogP contribution in [-0.2, 0) is 9.59 Å². The van der Waals surface area contributed by atoms with Gasteiger partial charge in [-0.2, -0.15) is 0 Å². The summed E-state index contributed by atoms with van der Waals surface area (Å²) in [5.74, 6) is 0.0614. The molecule has 2 heterocycles.